The number of nitrogens with one attached hydrogen (secondary N) is 1. The van der Waals surface area contributed by atoms with Crippen LogP contribution in [0.15, 0.2) is 0 Å². The Morgan fingerprint density at radius 2 is 1.90 bits per heavy atom. The monoisotopic (exact) mass is 301 g/mol. The first-order valence-electron chi connectivity index (χ1n) is 8.56. The van der Waals surface area contributed by atoms with Crippen LogP contribution in [0.1, 0.15) is 73.1 Å². The van der Waals surface area contributed by atoms with Crippen molar-refractivity contribution in [3.05, 3.63) is 0 Å². The highest BCUT2D eigenvalue weighted by molar-refractivity contribution is 7.85. The summed E-state index contributed by atoms with van der Waals surface area (Å²) in [6.45, 7) is 12.4. The number of hydrogen-bond acceptors (Lipinski definition) is 2. The van der Waals surface area contributed by atoms with Crippen molar-refractivity contribution in [2.45, 2.75) is 84.4 Å². The first-order valence-corrected chi connectivity index (χ1v) is 9.95. The van der Waals surface area contributed by atoms with Crippen molar-refractivity contribution in [2.75, 3.05) is 12.3 Å². The second-order valence-corrected chi connectivity index (χ2v) is 8.77. The molecule has 20 heavy (non-hydrogen) atoms. The maximum atomic E-state index is 12.7. The van der Waals surface area contributed by atoms with Crippen molar-refractivity contribution in [3.63, 3.8) is 0 Å². The van der Waals surface area contributed by atoms with Crippen molar-refractivity contribution in [1.29, 1.82) is 0 Å². The molecule has 3 heteroatoms. The zero-order valence-electron chi connectivity index (χ0n) is 14.2. The zero-order valence-corrected chi connectivity index (χ0v) is 15.0. The molecular weight excluding hydrogens is 266 g/mol. The van der Waals surface area contributed by atoms with Gasteiger partial charge in [-0.1, -0.05) is 47.5 Å². The molecule has 4 unspecified atom stereocenters. The Balaban J connectivity index is 2.73. The van der Waals surface area contributed by atoms with Crippen LogP contribution in [0.5, 0.6) is 0 Å². The van der Waals surface area contributed by atoms with E-state index in [0.29, 0.717) is 16.7 Å². The summed E-state index contributed by atoms with van der Waals surface area (Å²) in [7, 11) is -0.658. The van der Waals surface area contributed by atoms with Crippen LogP contribution in [-0.4, -0.2) is 27.8 Å². The zero-order chi connectivity index (χ0) is 15.2. The minimum atomic E-state index is -0.658. The molecule has 2 nitrogen and oxygen atoms in total. The fourth-order valence-electron chi connectivity index (χ4n) is 3.35. The van der Waals surface area contributed by atoms with Gasteiger partial charge in [0.15, 0.2) is 0 Å². The molecule has 0 aromatic carbocycles. The lowest BCUT2D eigenvalue weighted by Gasteiger charge is -2.43. The van der Waals surface area contributed by atoms with Crippen LogP contribution >= 0.6 is 0 Å². The normalized spacial score (nSPS) is 29.4. The lowest BCUT2D eigenvalue weighted by Crippen LogP contribution is -2.48. The van der Waals surface area contributed by atoms with Crippen molar-refractivity contribution in [3.8, 4) is 0 Å². The molecule has 1 aliphatic carbocycles. The Morgan fingerprint density at radius 3 is 2.45 bits per heavy atom. The van der Waals surface area contributed by atoms with Crippen molar-refractivity contribution < 1.29 is 4.21 Å². The third-order valence-electron chi connectivity index (χ3n) is 5.31. The summed E-state index contributed by atoms with van der Waals surface area (Å²) in [6, 6.07) is 0.474. The second-order valence-electron chi connectivity index (χ2n) is 6.99. The molecule has 1 N–H and O–H groups in total. The predicted molar refractivity (Wildman–Crippen MR) is 90.6 cm³/mol. The Bertz CT molecular complexity index is 303. The average molecular weight is 302 g/mol. The molecule has 0 radical (unpaired) electrons. The first kappa shape index (κ1) is 18.2. The van der Waals surface area contributed by atoms with Gasteiger partial charge < -0.3 is 5.32 Å². The Hall–Kier alpha value is 0.110. The average Bonchev–Trinajstić information content (AvgIpc) is 2.45. The van der Waals surface area contributed by atoms with Crippen LogP contribution in [0, 0.1) is 11.3 Å². The van der Waals surface area contributed by atoms with Crippen LogP contribution in [0.25, 0.3) is 0 Å². The molecule has 1 rings (SSSR count). The minimum absolute atomic E-state index is 0.367. The molecular formula is C17H35NOS. The van der Waals surface area contributed by atoms with Gasteiger partial charge in [0, 0.05) is 22.6 Å². The molecule has 4 atom stereocenters. The van der Waals surface area contributed by atoms with E-state index < -0.39 is 10.8 Å². The first-order chi connectivity index (χ1) is 9.46. The summed E-state index contributed by atoms with van der Waals surface area (Å²) in [5.74, 6) is 1.63. The fraction of sp³-hybridized carbons (Fsp3) is 1.00. The highest BCUT2D eigenvalue weighted by atomic mass is 32.2. The van der Waals surface area contributed by atoms with Crippen LogP contribution in [0.4, 0.5) is 0 Å². The van der Waals surface area contributed by atoms with Gasteiger partial charge in [-0.05, 0) is 43.6 Å². The Labute approximate surface area is 128 Å². The summed E-state index contributed by atoms with van der Waals surface area (Å²) < 4.78 is 12.7. The van der Waals surface area contributed by atoms with Crippen molar-refractivity contribution in [2.24, 2.45) is 11.3 Å². The largest absolute Gasteiger partial charge is 0.313 e. The minimum Gasteiger partial charge on any atom is -0.313 e. The highest BCUT2D eigenvalue weighted by Crippen LogP contribution is 2.41. The van der Waals surface area contributed by atoms with Gasteiger partial charge in [0.05, 0.1) is 5.25 Å². The van der Waals surface area contributed by atoms with Gasteiger partial charge in [-0.15, -0.1) is 0 Å². The van der Waals surface area contributed by atoms with E-state index in [1.54, 1.807) is 0 Å². The van der Waals surface area contributed by atoms with E-state index in [0.717, 1.165) is 37.5 Å². The quantitative estimate of drug-likeness (QED) is 0.730. The van der Waals surface area contributed by atoms with E-state index in [9.17, 15) is 4.21 Å². The SMILES string of the molecule is CCCCS(=O)C1CC(C(C)(C)CC)CCC1NCC. The maximum absolute atomic E-state index is 12.7. The highest BCUT2D eigenvalue weighted by Gasteiger charge is 2.39. The van der Waals surface area contributed by atoms with Crippen LogP contribution in [0.2, 0.25) is 0 Å². The summed E-state index contributed by atoms with van der Waals surface area (Å²) >= 11 is 0. The van der Waals surface area contributed by atoms with Gasteiger partial charge in [0.25, 0.3) is 0 Å². The molecule has 0 amide bonds. The van der Waals surface area contributed by atoms with Gasteiger partial charge >= 0.3 is 0 Å². The number of unbranched alkanes of at least 4 members (excludes halogenated alkanes) is 1. The van der Waals surface area contributed by atoms with Crippen LogP contribution < -0.4 is 5.32 Å². The van der Waals surface area contributed by atoms with E-state index in [2.05, 4.69) is 39.9 Å². The van der Waals surface area contributed by atoms with Crippen LogP contribution in [-0.2, 0) is 10.8 Å². The lowest BCUT2D eigenvalue weighted by atomic mass is 9.68. The predicted octanol–water partition coefficient (Wildman–Crippen LogP) is 4.12. The van der Waals surface area contributed by atoms with Crippen LogP contribution in [0.3, 0.4) is 0 Å². The third kappa shape index (κ3) is 4.84. The molecule has 1 aliphatic rings. The Kier molecular flexibility index (Phi) is 7.74. The molecule has 0 saturated heterocycles. The molecule has 0 aromatic rings. The molecule has 120 valence electrons. The molecule has 0 aromatic heterocycles. The molecule has 0 heterocycles. The van der Waals surface area contributed by atoms with Gasteiger partial charge in [0.2, 0.25) is 0 Å². The molecule has 1 saturated carbocycles. The molecule has 0 aliphatic heterocycles. The maximum Gasteiger partial charge on any atom is 0.0504 e. The molecule has 0 spiro atoms. The van der Waals surface area contributed by atoms with Crippen molar-refractivity contribution >= 4 is 10.8 Å². The summed E-state index contributed by atoms with van der Waals surface area (Å²) in [6.07, 6.45) is 7.11. The third-order valence-corrected chi connectivity index (χ3v) is 7.20. The number of hydrogen-bond donors (Lipinski definition) is 1. The van der Waals surface area contributed by atoms with E-state index in [1.807, 2.05) is 0 Å². The fourth-order valence-corrected chi connectivity index (χ4v) is 5.27. The van der Waals surface area contributed by atoms with Crippen molar-refractivity contribution in [1.82, 2.24) is 5.32 Å². The summed E-state index contributed by atoms with van der Waals surface area (Å²) in [5, 5.41) is 3.96. The van der Waals surface area contributed by atoms with E-state index in [1.165, 1.54) is 19.3 Å². The second kappa shape index (κ2) is 8.53. The summed E-state index contributed by atoms with van der Waals surface area (Å²) in [4.78, 5) is 0. The van der Waals surface area contributed by atoms with Gasteiger partial charge in [-0.25, -0.2) is 0 Å². The van der Waals surface area contributed by atoms with Gasteiger partial charge in [0.1, 0.15) is 0 Å². The van der Waals surface area contributed by atoms with E-state index in [4.69, 9.17) is 0 Å². The topological polar surface area (TPSA) is 29.1 Å². The molecule has 0 bridgehead atoms. The lowest BCUT2D eigenvalue weighted by molar-refractivity contribution is 0.140. The van der Waals surface area contributed by atoms with E-state index >= 15 is 0 Å². The Morgan fingerprint density at radius 1 is 1.20 bits per heavy atom. The smallest absolute Gasteiger partial charge is 0.0504 e. The number of rotatable bonds is 8. The van der Waals surface area contributed by atoms with Gasteiger partial charge in [-0.3, -0.25) is 4.21 Å². The van der Waals surface area contributed by atoms with E-state index in [-0.39, 0.29) is 0 Å². The standard InChI is InChI=1S/C17H35NOS/c1-6-9-12-20(19)16-13-14(17(4,5)7-2)10-11-15(16)18-8-3/h14-16,18H,6-13H2,1-5H3. The molecule has 1 fully saturated rings. The summed E-state index contributed by atoms with van der Waals surface area (Å²) in [5.41, 5.74) is 0.393. The van der Waals surface area contributed by atoms with Gasteiger partial charge in [-0.2, -0.15) is 0 Å².